The minimum atomic E-state index is -3.54. The molecule has 0 saturated heterocycles. The average Bonchev–Trinajstić information content (AvgIpc) is 2.38. The quantitative estimate of drug-likeness (QED) is 0.778. The first-order valence-electron chi connectivity index (χ1n) is 5.44. The van der Waals surface area contributed by atoms with Crippen molar-refractivity contribution in [2.75, 3.05) is 4.72 Å². The lowest BCUT2D eigenvalue weighted by atomic mass is 10.2. The maximum absolute atomic E-state index is 12.2. The highest BCUT2D eigenvalue weighted by Gasteiger charge is 2.13. The molecule has 0 aliphatic rings. The topological polar surface area (TPSA) is 46.2 Å². The summed E-state index contributed by atoms with van der Waals surface area (Å²) >= 11 is 6.63. The Hall–Kier alpha value is -0.850. The molecule has 0 radical (unpaired) electrons. The van der Waals surface area contributed by atoms with Gasteiger partial charge in [-0.05, 0) is 35.9 Å². The van der Waals surface area contributed by atoms with E-state index in [1.165, 1.54) is 0 Å². The predicted octanol–water partition coefficient (Wildman–Crippen LogP) is 4.14. The monoisotopic (exact) mass is 403 g/mol. The molecule has 2 aromatic rings. The van der Waals surface area contributed by atoms with Crippen molar-refractivity contribution in [3.63, 3.8) is 0 Å². The van der Waals surface area contributed by atoms with Crippen molar-refractivity contribution in [3.05, 3.63) is 58.6 Å². The summed E-state index contributed by atoms with van der Waals surface area (Å²) in [6.45, 7) is 0. The third-order valence-corrected chi connectivity index (χ3v) is 5.00. The van der Waals surface area contributed by atoms with Gasteiger partial charge < -0.3 is 0 Å². The van der Waals surface area contributed by atoms with E-state index in [-0.39, 0.29) is 4.90 Å². The Bertz CT molecular complexity index is 669. The number of sulfonamides is 1. The Morgan fingerprint density at radius 1 is 1.05 bits per heavy atom. The molecule has 0 amide bonds. The Morgan fingerprint density at radius 2 is 1.74 bits per heavy atom. The zero-order valence-corrected chi connectivity index (χ0v) is 13.8. The van der Waals surface area contributed by atoms with Gasteiger partial charge in [-0.25, -0.2) is 8.42 Å². The van der Waals surface area contributed by atoms with E-state index in [4.69, 9.17) is 0 Å². The van der Waals surface area contributed by atoms with Crippen LogP contribution < -0.4 is 4.72 Å². The van der Waals surface area contributed by atoms with E-state index in [9.17, 15) is 8.42 Å². The van der Waals surface area contributed by atoms with Crippen LogP contribution in [0.2, 0.25) is 0 Å². The second-order valence-electron chi connectivity index (χ2n) is 3.89. The van der Waals surface area contributed by atoms with E-state index in [1.807, 2.05) is 6.07 Å². The highest BCUT2D eigenvalue weighted by molar-refractivity contribution is 9.10. The fourth-order valence-electron chi connectivity index (χ4n) is 1.52. The molecule has 0 unspecified atom stereocenters. The van der Waals surface area contributed by atoms with Gasteiger partial charge in [-0.15, -0.1) is 0 Å². The van der Waals surface area contributed by atoms with Crippen molar-refractivity contribution in [2.24, 2.45) is 0 Å². The minimum absolute atomic E-state index is 0.247. The number of hydrogen-bond donors (Lipinski definition) is 1. The molecule has 19 heavy (non-hydrogen) atoms. The zero-order valence-electron chi connectivity index (χ0n) is 9.81. The van der Waals surface area contributed by atoms with Gasteiger partial charge in [0, 0.05) is 15.5 Å². The van der Waals surface area contributed by atoms with Crippen LogP contribution in [0.3, 0.4) is 0 Å². The maximum Gasteiger partial charge on any atom is 0.261 e. The van der Waals surface area contributed by atoms with Gasteiger partial charge in [0.05, 0.1) is 4.90 Å². The van der Waals surface area contributed by atoms with Crippen molar-refractivity contribution in [3.8, 4) is 0 Å². The van der Waals surface area contributed by atoms with E-state index in [0.29, 0.717) is 11.0 Å². The molecule has 3 nitrogen and oxygen atoms in total. The lowest BCUT2D eigenvalue weighted by Gasteiger charge is -2.08. The molecule has 0 bridgehead atoms. The molecule has 1 N–H and O–H groups in total. The lowest BCUT2D eigenvalue weighted by molar-refractivity contribution is 0.601. The summed E-state index contributed by atoms with van der Waals surface area (Å²) in [6, 6.07) is 13.8. The van der Waals surface area contributed by atoms with Crippen LogP contribution in [0, 0.1) is 0 Å². The van der Waals surface area contributed by atoms with Crippen molar-refractivity contribution >= 4 is 47.6 Å². The third kappa shape index (κ3) is 3.81. The fourth-order valence-corrected chi connectivity index (χ4v) is 3.35. The van der Waals surface area contributed by atoms with Gasteiger partial charge in [-0.3, -0.25) is 4.72 Å². The summed E-state index contributed by atoms with van der Waals surface area (Å²) in [6.07, 6.45) is 0. The molecule has 0 heterocycles. The second kappa shape index (κ2) is 6.07. The molecule has 0 fully saturated rings. The van der Waals surface area contributed by atoms with Crippen LogP contribution in [-0.2, 0) is 15.4 Å². The van der Waals surface area contributed by atoms with Crippen LogP contribution >= 0.6 is 31.9 Å². The summed E-state index contributed by atoms with van der Waals surface area (Å²) in [5.41, 5.74) is 1.56. The first kappa shape index (κ1) is 14.6. The molecule has 0 spiro atoms. The highest BCUT2D eigenvalue weighted by atomic mass is 79.9. The van der Waals surface area contributed by atoms with Gasteiger partial charge in [-0.2, -0.15) is 0 Å². The van der Waals surface area contributed by atoms with Crippen molar-refractivity contribution in [2.45, 2.75) is 10.2 Å². The van der Waals surface area contributed by atoms with Crippen LogP contribution in [0.15, 0.2) is 57.9 Å². The summed E-state index contributed by atoms with van der Waals surface area (Å²) < 4.78 is 27.7. The molecule has 0 aliphatic carbocycles. The predicted molar refractivity (Wildman–Crippen MR) is 84.0 cm³/mol. The molecule has 100 valence electrons. The number of hydrogen-bond acceptors (Lipinski definition) is 2. The van der Waals surface area contributed by atoms with E-state index < -0.39 is 10.0 Å². The second-order valence-corrected chi connectivity index (χ2v) is 7.05. The smallest absolute Gasteiger partial charge is 0.261 e. The van der Waals surface area contributed by atoms with Crippen LogP contribution in [0.4, 0.5) is 5.69 Å². The highest BCUT2D eigenvalue weighted by Crippen LogP contribution is 2.20. The summed E-state index contributed by atoms with van der Waals surface area (Å²) in [5.74, 6) is 0. The van der Waals surface area contributed by atoms with Crippen molar-refractivity contribution < 1.29 is 8.42 Å². The van der Waals surface area contributed by atoms with Gasteiger partial charge in [0.1, 0.15) is 0 Å². The van der Waals surface area contributed by atoms with Gasteiger partial charge in [-0.1, -0.05) is 50.1 Å². The number of benzene rings is 2. The summed E-state index contributed by atoms with van der Waals surface area (Å²) in [7, 11) is -3.54. The van der Waals surface area contributed by atoms with Crippen LogP contribution in [0.1, 0.15) is 5.56 Å². The first-order valence-corrected chi connectivity index (χ1v) is 8.84. The number of halogens is 2. The minimum Gasteiger partial charge on any atom is -0.280 e. The number of alkyl halides is 1. The van der Waals surface area contributed by atoms with Crippen LogP contribution in [0.5, 0.6) is 0 Å². The summed E-state index contributed by atoms with van der Waals surface area (Å²) in [4.78, 5) is 0.247. The molecule has 2 rings (SSSR count). The van der Waals surface area contributed by atoms with Gasteiger partial charge in [0.2, 0.25) is 0 Å². The average molecular weight is 405 g/mol. The van der Waals surface area contributed by atoms with Crippen molar-refractivity contribution in [1.29, 1.82) is 0 Å². The molecule has 0 atom stereocenters. The Morgan fingerprint density at radius 3 is 2.32 bits per heavy atom. The SMILES string of the molecule is O=S(=O)(Nc1cccc(Br)c1)c1ccc(CBr)cc1. The Balaban J connectivity index is 2.27. The van der Waals surface area contributed by atoms with Crippen LogP contribution in [0.25, 0.3) is 0 Å². The number of rotatable bonds is 4. The van der Waals surface area contributed by atoms with Gasteiger partial charge in [0.25, 0.3) is 10.0 Å². The molecule has 0 saturated carbocycles. The number of anilines is 1. The van der Waals surface area contributed by atoms with E-state index in [0.717, 1.165) is 10.0 Å². The molecule has 0 aromatic heterocycles. The lowest BCUT2D eigenvalue weighted by Crippen LogP contribution is -2.12. The van der Waals surface area contributed by atoms with E-state index in [2.05, 4.69) is 36.6 Å². The maximum atomic E-state index is 12.2. The van der Waals surface area contributed by atoms with Gasteiger partial charge >= 0.3 is 0 Å². The standard InChI is InChI=1S/C13H11Br2NO2S/c14-9-10-4-6-13(7-5-10)19(17,18)16-12-3-1-2-11(15)8-12/h1-8,16H,9H2. The Kier molecular flexibility index (Phi) is 4.65. The molecule has 6 heteroatoms. The Labute approximate surface area is 129 Å². The fraction of sp³-hybridized carbons (Fsp3) is 0.0769. The normalized spacial score (nSPS) is 11.3. The van der Waals surface area contributed by atoms with E-state index >= 15 is 0 Å². The zero-order chi connectivity index (χ0) is 13.9. The molecular weight excluding hydrogens is 394 g/mol. The first-order chi connectivity index (χ1) is 9.01. The van der Waals surface area contributed by atoms with E-state index in [1.54, 1.807) is 42.5 Å². The largest absolute Gasteiger partial charge is 0.280 e. The van der Waals surface area contributed by atoms with Crippen LogP contribution in [-0.4, -0.2) is 8.42 Å². The third-order valence-electron chi connectivity index (χ3n) is 2.46. The molecular formula is C13H11Br2NO2S. The number of nitrogens with one attached hydrogen (secondary N) is 1. The summed E-state index contributed by atoms with van der Waals surface area (Å²) in [5, 5.41) is 0.701. The van der Waals surface area contributed by atoms with Gasteiger partial charge in [0.15, 0.2) is 0 Å². The van der Waals surface area contributed by atoms with Crippen molar-refractivity contribution in [1.82, 2.24) is 0 Å². The molecule has 2 aromatic carbocycles. The molecule has 0 aliphatic heterocycles.